The summed E-state index contributed by atoms with van der Waals surface area (Å²) >= 11 is 0. The fourth-order valence-electron chi connectivity index (χ4n) is 0.738. The highest BCUT2D eigenvalue weighted by Gasteiger charge is 2.38. The van der Waals surface area contributed by atoms with E-state index < -0.39 is 22.7 Å². The molecule has 6 nitrogen and oxygen atoms in total. The Balaban J connectivity index is 4.83. The van der Waals surface area contributed by atoms with Gasteiger partial charge in [-0.2, -0.15) is 8.42 Å². The Morgan fingerprint density at radius 3 is 1.92 bits per heavy atom. The zero-order valence-electron chi connectivity index (χ0n) is 6.41. The SMILES string of the molecule is CCCC(P(=O)(O)O)S(=O)(=O)O. The minimum atomic E-state index is -4.75. The summed E-state index contributed by atoms with van der Waals surface area (Å²) in [4.78, 5) is 15.1. The van der Waals surface area contributed by atoms with Gasteiger partial charge in [-0.1, -0.05) is 13.3 Å². The van der Waals surface area contributed by atoms with Crippen molar-refractivity contribution < 1.29 is 27.3 Å². The van der Waals surface area contributed by atoms with E-state index in [0.29, 0.717) is 0 Å². The van der Waals surface area contributed by atoms with Crippen LogP contribution in [0.5, 0.6) is 0 Å². The third kappa shape index (κ3) is 3.64. The van der Waals surface area contributed by atoms with E-state index in [1.54, 1.807) is 6.92 Å². The van der Waals surface area contributed by atoms with E-state index in [9.17, 15) is 13.0 Å². The van der Waals surface area contributed by atoms with E-state index in [1.165, 1.54) is 0 Å². The van der Waals surface area contributed by atoms with Crippen LogP contribution >= 0.6 is 7.60 Å². The summed E-state index contributed by atoms with van der Waals surface area (Å²) in [6, 6.07) is 0. The van der Waals surface area contributed by atoms with Gasteiger partial charge in [0.15, 0.2) is 4.99 Å². The monoisotopic (exact) mass is 218 g/mol. The van der Waals surface area contributed by atoms with Crippen LogP contribution in [0.3, 0.4) is 0 Å². The van der Waals surface area contributed by atoms with Crippen molar-refractivity contribution in [2.75, 3.05) is 0 Å². The molecule has 0 saturated heterocycles. The second-order valence-electron chi connectivity index (χ2n) is 2.35. The van der Waals surface area contributed by atoms with Crippen LogP contribution in [-0.4, -0.2) is 27.7 Å². The van der Waals surface area contributed by atoms with Gasteiger partial charge in [0.2, 0.25) is 0 Å². The lowest BCUT2D eigenvalue weighted by Crippen LogP contribution is -2.20. The van der Waals surface area contributed by atoms with Crippen molar-refractivity contribution in [2.24, 2.45) is 0 Å². The Hall–Kier alpha value is 0.0600. The predicted molar refractivity (Wildman–Crippen MR) is 42.3 cm³/mol. The molecule has 0 aliphatic carbocycles. The second-order valence-corrected chi connectivity index (χ2v) is 6.10. The van der Waals surface area contributed by atoms with Crippen molar-refractivity contribution >= 4 is 17.7 Å². The number of rotatable bonds is 4. The highest BCUT2D eigenvalue weighted by Crippen LogP contribution is 2.45. The van der Waals surface area contributed by atoms with Crippen LogP contribution in [0.25, 0.3) is 0 Å². The van der Waals surface area contributed by atoms with Crippen LogP contribution < -0.4 is 0 Å². The smallest absolute Gasteiger partial charge is 0.323 e. The maximum atomic E-state index is 10.5. The van der Waals surface area contributed by atoms with Crippen LogP contribution in [0, 0.1) is 0 Å². The topological polar surface area (TPSA) is 112 Å². The summed E-state index contributed by atoms with van der Waals surface area (Å²) in [7, 11) is -9.40. The molecule has 0 aliphatic heterocycles. The lowest BCUT2D eigenvalue weighted by molar-refractivity contribution is 0.361. The maximum absolute atomic E-state index is 10.5. The van der Waals surface area contributed by atoms with E-state index in [2.05, 4.69) is 0 Å². The number of hydrogen-bond donors (Lipinski definition) is 3. The Kier molecular flexibility index (Phi) is 3.87. The lowest BCUT2D eigenvalue weighted by Gasteiger charge is -2.13. The van der Waals surface area contributed by atoms with Crippen LogP contribution in [-0.2, 0) is 14.7 Å². The quantitative estimate of drug-likeness (QED) is 0.458. The molecule has 0 heterocycles. The molecule has 0 fully saturated rings. The Bertz CT molecular complexity index is 276. The summed E-state index contributed by atoms with van der Waals surface area (Å²) in [5, 5.41) is 0. The summed E-state index contributed by atoms with van der Waals surface area (Å²) in [5.74, 6) is 0. The Morgan fingerprint density at radius 1 is 1.42 bits per heavy atom. The van der Waals surface area contributed by atoms with Crippen LogP contribution in [0.15, 0.2) is 0 Å². The molecule has 1 unspecified atom stereocenters. The minimum absolute atomic E-state index is 0.247. The maximum Gasteiger partial charge on any atom is 0.346 e. The van der Waals surface area contributed by atoms with Gasteiger partial charge in [0, 0.05) is 0 Å². The molecule has 12 heavy (non-hydrogen) atoms. The van der Waals surface area contributed by atoms with Crippen molar-refractivity contribution in [1.82, 2.24) is 0 Å². The molecular formula is C4H11O6PS. The molecule has 0 bridgehead atoms. The first-order valence-corrected chi connectivity index (χ1v) is 6.39. The van der Waals surface area contributed by atoms with Gasteiger partial charge in [-0.25, -0.2) is 0 Å². The van der Waals surface area contributed by atoms with Gasteiger partial charge < -0.3 is 9.79 Å². The zero-order valence-corrected chi connectivity index (χ0v) is 8.12. The van der Waals surface area contributed by atoms with Crippen molar-refractivity contribution in [2.45, 2.75) is 24.8 Å². The van der Waals surface area contributed by atoms with Crippen molar-refractivity contribution in [3.8, 4) is 0 Å². The van der Waals surface area contributed by atoms with Gasteiger partial charge in [0.05, 0.1) is 0 Å². The highest BCUT2D eigenvalue weighted by atomic mass is 32.2. The van der Waals surface area contributed by atoms with Gasteiger partial charge in [-0.05, 0) is 6.42 Å². The molecule has 0 radical (unpaired) electrons. The van der Waals surface area contributed by atoms with Gasteiger partial charge in [0.1, 0.15) is 0 Å². The third-order valence-corrected chi connectivity index (χ3v) is 4.81. The minimum Gasteiger partial charge on any atom is -0.323 e. The van der Waals surface area contributed by atoms with Crippen molar-refractivity contribution in [3.05, 3.63) is 0 Å². The lowest BCUT2D eigenvalue weighted by atomic mass is 10.4. The van der Waals surface area contributed by atoms with E-state index in [-0.39, 0.29) is 12.8 Å². The molecule has 1 atom stereocenters. The van der Waals surface area contributed by atoms with Gasteiger partial charge in [-0.15, -0.1) is 0 Å². The Morgan fingerprint density at radius 2 is 1.83 bits per heavy atom. The first-order valence-electron chi connectivity index (χ1n) is 3.21. The van der Waals surface area contributed by atoms with Crippen LogP contribution in [0.1, 0.15) is 19.8 Å². The fourth-order valence-corrected chi connectivity index (χ4v) is 3.25. The first-order chi connectivity index (χ1) is 5.19. The first kappa shape index (κ1) is 12.1. The van der Waals surface area contributed by atoms with Crippen molar-refractivity contribution in [3.63, 3.8) is 0 Å². The molecule has 0 rings (SSSR count). The predicted octanol–water partition coefficient (Wildman–Crippen LogP) is 0.178. The van der Waals surface area contributed by atoms with Crippen LogP contribution in [0.2, 0.25) is 0 Å². The molecule has 74 valence electrons. The molecule has 0 amide bonds. The molecule has 8 heteroatoms. The van der Waals surface area contributed by atoms with E-state index in [0.717, 1.165) is 0 Å². The van der Waals surface area contributed by atoms with Crippen molar-refractivity contribution in [1.29, 1.82) is 0 Å². The molecule has 0 aromatic heterocycles. The molecule has 0 aromatic carbocycles. The molecule has 0 saturated carbocycles. The molecule has 0 aliphatic rings. The van der Waals surface area contributed by atoms with E-state index in [1.807, 2.05) is 0 Å². The molecule has 3 N–H and O–H groups in total. The normalized spacial score (nSPS) is 16.0. The van der Waals surface area contributed by atoms with E-state index in [4.69, 9.17) is 14.3 Å². The summed E-state index contributed by atoms with van der Waals surface area (Å²) in [5.41, 5.74) is 0. The number of hydrogen-bond acceptors (Lipinski definition) is 3. The van der Waals surface area contributed by atoms with Gasteiger partial charge >= 0.3 is 7.60 Å². The molecule has 0 aromatic rings. The largest absolute Gasteiger partial charge is 0.346 e. The highest BCUT2D eigenvalue weighted by molar-refractivity contribution is 7.93. The Labute approximate surface area is 70.5 Å². The van der Waals surface area contributed by atoms with Gasteiger partial charge in [0.25, 0.3) is 10.1 Å². The molecular weight excluding hydrogens is 207 g/mol. The summed E-state index contributed by atoms with van der Waals surface area (Å²) in [6.07, 6.45) is 0.0265. The average molecular weight is 218 g/mol. The molecule has 0 spiro atoms. The third-order valence-electron chi connectivity index (χ3n) is 1.25. The fraction of sp³-hybridized carbons (Fsp3) is 1.00. The summed E-state index contributed by atoms with van der Waals surface area (Å²) < 4.78 is 39.8. The zero-order chi connectivity index (χ0) is 9.99. The second kappa shape index (κ2) is 3.85. The van der Waals surface area contributed by atoms with Crippen LogP contribution in [0.4, 0.5) is 0 Å². The standard InChI is InChI=1S/C4H11O6PS/c1-2-3-4(11(5,6)7)12(8,9)10/h4H,2-3H2,1H3,(H2,5,6,7)(H,8,9,10). The summed E-state index contributed by atoms with van der Waals surface area (Å²) in [6.45, 7) is 1.56. The average Bonchev–Trinajstić information content (AvgIpc) is 1.77. The van der Waals surface area contributed by atoms with E-state index >= 15 is 0 Å². The van der Waals surface area contributed by atoms with Gasteiger partial charge in [-0.3, -0.25) is 9.12 Å².